The molecule has 4 heteroatoms. The molecule has 0 aliphatic carbocycles. The summed E-state index contributed by atoms with van der Waals surface area (Å²) in [7, 11) is 0. The van der Waals surface area contributed by atoms with Crippen molar-refractivity contribution in [3.05, 3.63) is 32.6 Å². The lowest BCUT2D eigenvalue weighted by Gasteiger charge is -1.96. The molecule has 0 N–H and O–H groups in total. The second kappa shape index (κ2) is 3.40. The topological polar surface area (TPSA) is 17.1 Å². The van der Waals surface area contributed by atoms with E-state index < -0.39 is 0 Å². The molecule has 13 heavy (non-hydrogen) atoms. The molecule has 1 nitrogen and oxygen atoms in total. The Balaban J connectivity index is 2.92. The molecule has 1 aromatic heterocycles. The minimum atomic E-state index is 0.635. The minimum absolute atomic E-state index is 0.635. The Labute approximate surface area is 92.5 Å². The number of fused-ring (bicyclic) bond motifs is 1. The van der Waals surface area contributed by atoms with Gasteiger partial charge in [0.25, 0.3) is 0 Å². The van der Waals surface area contributed by atoms with Gasteiger partial charge in [0.2, 0.25) is 0 Å². The molecular formula is C9H4BrClOS. The standard InChI is InChI=1S/C9H4BrClOS/c10-6-1-5(3-12)9-7(11)4-13-8(9)2-6/h1-4H. The van der Waals surface area contributed by atoms with Crippen molar-refractivity contribution in [2.45, 2.75) is 0 Å². The Morgan fingerprint density at radius 1 is 1.46 bits per heavy atom. The number of rotatable bonds is 1. The van der Waals surface area contributed by atoms with Crippen molar-refractivity contribution in [2.24, 2.45) is 0 Å². The number of carbonyl (C=O) groups is 1. The number of halogens is 2. The summed E-state index contributed by atoms with van der Waals surface area (Å²) >= 11 is 10.8. The van der Waals surface area contributed by atoms with Crippen LogP contribution >= 0.6 is 38.9 Å². The zero-order chi connectivity index (χ0) is 9.42. The van der Waals surface area contributed by atoms with Gasteiger partial charge in [-0.3, -0.25) is 4.79 Å². The van der Waals surface area contributed by atoms with Crippen LogP contribution in [0.15, 0.2) is 22.0 Å². The van der Waals surface area contributed by atoms with Crippen molar-refractivity contribution in [3.63, 3.8) is 0 Å². The number of hydrogen-bond donors (Lipinski definition) is 0. The first-order valence-electron chi connectivity index (χ1n) is 3.54. The molecule has 2 aromatic rings. The highest BCUT2D eigenvalue weighted by Crippen LogP contribution is 2.34. The van der Waals surface area contributed by atoms with Crippen LogP contribution in [-0.4, -0.2) is 6.29 Å². The number of thiophene rings is 1. The van der Waals surface area contributed by atoms with Crippen LogP contribution in [-0.2, 0) is 0 Å². The summed E-state index contributed by atoms with van der Waals surface area (Å²) < 4.78 is 1.93. The van der Waals surface area contributed by atoms with Crippen LogP contribution in [0.3, 0.4) is 0 Å². The largest absolute Gasteiger partial charge is 0.298 e. The molecule has 0 unspecified atom stereocenters. The van der Waals surface area contributed by atoms with E-state index in [4.69, 9.17) is 11.6 Å². The Morgan fingerprint density at radius 3 is 2.92 bits per heavy atom. The van der Waals surface area contributed by atoms with Gasteiger partial charge in [0.05, 0.1) is 5.02 Å². The third kappa shape index (κ3) is 1.52. The first kappa shape index (κ1) is 9.19. The van der Waals surface area contributed by atoms with Gasteiger partial charge in [-0.2, -0.15) is 0 Å². The Bertz CT molecular complexity index is 478. The van der Waals surface area contributed by atoms with Crippen molar-refractivity contribution >= 4 is 55.2 Å². The van der Waals surface area contributed by atoms with E-state index >= 15 is 0 Å². The van der Waals surface area contributed by atoms with Crippen LogP contribution < -0.4 is 0 Å². The molecule has 66 valence electrons. The summed E-state index contributed by atoms with van der Waals surface area (Å²) in [6, 6.07) is 3.73. The predicted octanol–water partition coefficient (Wildman–Crippen LogP) is 4.13. The maximum atomic E-state index is 10.7. The highest BCUT2D eigenvalue weighted by Gasteiger charge is 2.07. The molecule has 1 heterocycles. The normalized spacial score (nSPS) is 10.6. The van der Waals surface area contributed by atoms with Crippen LogP contribution in [0.2, 0.25) is 5.02 Å². The lowest BCUT2D eigenvalue weighted by Crippen LogP contribution is -1.80. The first-order chi connectivity index (χ1) is 6.22. The molecule has 1 aromatic carbocycles. The molecule has 0 spiro atoms. The van der Waals surface area contributed by atoms with E-state index in [0.717, 1.165) is 20.8 Å². The van der Waals surface area contributed by atoms with Crippen LogP contribution in [0.4, 0.5) is 0 Å². The fraction of sp³-hybridized carbons (Fsp3) is 0. The lowest BCUT2D eigenvalue weighted by molar-refractivity contribution is 0.112. The second-order valence-corrected chi connectivity index (χ2v) is 4.80. The van der Waals surface area contributed by atoms with Gasteiger partial charge >= 0.3 is 0 Å². The zero-order valence-electron chi connectivity index (χ0n) is 6.38. The first-order valence-corrected chi connectivity index (χ1v) is 5.59. The average Bonchev–Trinajstić information content (AvgIpc) is 2.46. The van der Waals surface area contributed by atoms with Crippen LogP contribution in [0, 0.1) is 0 Å². The molecular weight excluding hydrogens is 272 g/mol. The number of aldehydes is 1. The van der Waals surface area contributed by atoms with Crippen molar-refractivity contribution in [3.8, 4) is 0 Å². The summed E-state index contributed by atoms with van der Waals surface area (Å²) in [6.45, 7) is 0. The summed E-state index contributed by atoms with van der Waals surface area (Å²) in [5, 5.41) is 3.34. The van der Waals surface area contributed by atoms with E-state index in [9.17, 15) is 4.79 Å². The Hall–Kier alpha value is -0.380. The van der Waals surface area contributed by atoms with E-state index in [0.29, 0.717) is 10.6 Å². The van der Waals surface area contributed by atoms with Crippen molar-refractivity contribution in [1.82, 2.24) is 0 Å². The fourth-order valence-electron chi connectivity index (χ4n) is 1.22. The Kier molecular flexibility index (Phi) is 2.41. The predicted molar refractivity (Wildman–Crippen MR) is 59.9 cm³/mol. The van der Waals surface area contributed by atoms with Crippen molar-refractivity contribution in [2.75, 3.05) is 0 Å². The van der Waals surface area contributed by atoms with Gasteiger partial charge in [0.15, 0.2) is 6.29 Å². The van der Waals surface area contributed by atoms with Gasteiger partial charge in [-0.15, -0.1) is 11.3 Å². The highest BCUT2D eigenvalue weighted by molar-refractivity contribution is 9.10. The number of benzene rings is 1. The second-order valence-electron chi connectivity index (χ2n) is 2.57. The summed E-state index contributed by atoms with van der Waals surface area (Å²) in [5.41, 5.74) is 0.635. The van der Waals surface area contributed by atoms with Gasteiger partial charge < -0.3 is 0 Å². The summed E-state index contributed by atoms with van der Waals surface area (Å²) in [5.74, 6) is 0. The SMILES string of the molecule is O=Cc1cc(Br)cc2scc(Cl)c12. The molecule has 0 amide bonds. The van der Waals surface area contributed by atoms with Gasteiger partial charge in [-0.1, -0.05) is 27.5 Å². The quantitative estimate of drug-likeness (QED) is 0.715. The van der Waals surface area contributed by atoms with E-state index in [1.54, 1.807) is 6.07 Å². The van der Waals surface area contributed by atoms with Crippen LogP contribution in [0.1, 0.15) is 10.4 Å². The lowest BCUT2D eigenvalue weighted by atomic mass is 10.1. The molecule has 0 atom stereocenters. The van der Waals surface area contributed by atoms with Gasteiger partial charge in [0.1, 0.15) is 0 Å². The zero-order valence-corrected chi connectivity index (χ0v) is 9.54. The van der Waals surface area contributed by atoms with Crippen LogP contribution in [0.5, 0.6) is 0 Å². The van der Waals surface area contributed by atoms with E-state index in [-0.39, 0.29) is 0 Å². The monoisotopic (exact) mass is 274 g/mol. The minimum Gasteiger partial charge on any atom is -0.298 e. The number of carbonyl (C=O) groups excluding carboxylic acids is 1. The average molecular weight is 276 g/mol. The molecule has 0 radical (unpaired) electrons. The van der Waals surface area contributed by atoms with Crippen molar-refractivity contribution in [1.29, 1.82) is 0 Å². The fourth-order valence-corrected chi connectivity index (χ4v) is 3.13. The molecule has 0 saturated heterocycles. The summed E-state index contributed by atoms with van der Waals surface area (Å²) in [6.07, 6.45) is 0.825. The molecule has 0 aliphatic rings. The maximum Gasteiger partial charge on any atom is 0.150 e. The van der Waals surface area contributed by atoms with Gasteiger partial charge in [-0.05, 0) is 12.1 Å². The highest BCUT2D eigenvalue weighted by atomic mass is 79.9. The number of hydrogen-bond acceptors (Lipinski definition) is 2. The molecule has 2 rings (SSSR count). The van der Waals surface area contributed by atoms with E-state index in [2.05, 4.69) is 15.9 Å². The van der Waals surface area contributed by atoms with Crippen LogP contribution in [0.25, 0.3) is 10.1 Å². The third-order valence-corrected chi connectivity index (χ3v) is 3.57. The Morgan fingerprint density at radius 2 is 2.23 bits per heavy atom. The molecule has 0 bridgehead atoms. The third-order valence-electron chi connectivity index (χ3n) is 1.75. The molecule has 0 aliphatic heterocycles. The smallest absolute Gasteiger partial charge is 0.150 e. The molecule has 0 saturated carbocycles. The van der Waals surface area contributed by atoms with E-state index in [1.165, 1.54) is 11.3 Å². The van der Waals surface area contributed by atoms with Gasteiger partial charge in [0, 0.05) is 25.5 Å². The summed E-state index contributed by atoms with van der Waals surface area (Å²) in [4.78, 5) is 10.7. The van der Waals surface area contributed by atoms with E-state index in [1.807, 2.05) is 11.4 Å². The maximum absolute atomic E-state index is 10.7. The van der Waals surface area contributed by atoms with Gasteiger partial charge in [-0.25, -0.2) is 0 Å². The molecule has 0 fully saturated rings. The van der Waals surface area contributed by atoms with Crippen molar-refractivity contribution < 1.29 is 4.79 Å².